The summed E-state index contributed by atoms with van der Waals surface area (Å²) in [5.74, 6) is 0.108. The quantitative estimate of drug-likeness (QED) is 0.619. The van der Waals surface area contributed by atoms with Crippen molar-refractivity contribution < 1.29 is 9.59 Å². The molecule has 0 bridgehead atoms. The standard InChI is InChI=1S/C13H15NO2/c1-13(2,10-8-11(15)14-10)12(16)9-6-4-3-5-7-9/h3-7,10H,8H2,1-2H3,(H,14,15). The minimum Gasteiger partial charge on any atom is -0.352 e. The Morgan fingerprint density at radius 2 is 1.88 bits per heavy atom. The lowest BCUT2D eigenvalue weighted by Gasteiger charge is -2.39. The molecule has 16 heavy (non-hydrogen) atoms. The maximum Gasteiger partial charge on any atom is 0.222 e. The molecular weight excluding hydrogens is 202 g/mol. The summed E-state index contributed by atoms with van der Waals surface area (Å²) >= 11 is 0. The smallest absolute Gasteiger partial charge is 0.222 e. The van der Waals surface area contributed by atoms with E-state index in [0.717, 1.165) is 0 Å². The van der Waals surface area contributed by atoms with E-state index in [1.807, 2.05) is 44.2 Å². The maximum absolute atomic E-state index is 12.3. The van der Waals surface area contributed by atoms with Gasteiger partial charge in [-0.25, -0.2) is 0 Å². The number of ketones is 1. The summed E-state index contributed by atoms with van der Waals surface area (Å²) in [4.78, 5) is 23.1. The number of β-lactam (4-membered cyclic amide) rings is 1. The lowest BCUT2D eigenvalue weighted by atomic mass is 9.73. The molecule has 1 saturated heterocycles. The van der Waals surface area contributed by atoms with Crippen LogP contribution in [0.15, 0.2) is 30.3 Å². The molecule has 1 amide bonds. The second-order valence-corrected chi connectivity index (χ2v) is 4.74. The number of nitrogens with one attached hydrogen (secondary N) is 1. The monoisotopic (exact) mass is 217 g/mol. The van der Waals surface area contributed by atoms with Crippen molar-refractivity contribution in [3.05, 3.63) is 35.9 Å². The first-order valence-electron chi connectivity index (χ1n) is 5.41. The van der Waals surface area contributed by atoms with Gasteiger partial charge in [-0.15, -0.1) is 0 Å². The van der Waals surface area contributed by atoms with E-state index in [0.29, 0.717) is 12.0 Å². The Morgan fingerprint density at radius 1 is 1.31 bits per heavy atom. The molecule has 2 rings (SSSR count). The molecule has 1 aromatic rings. The summed E-state index contributed by atoms with van der Waals surface area (Å²) in [6.45, 7) is 3.76. The lowest BCUT2D eigenvalue weighted by molar-refractivity contribution is -0.130. The second-order valence-electron chi connectivity index (χ2n) is 4.74. The lowest BCUT2D eigenvalue weighted by Crippen LogP contribution is -2.58. The molecule has 1 aromatic carbocycles. The average Bonchev–Trinajstić information content (AvgIpc) is 2.25. The molecule has 1 fully saturated rings. The van der Waals surface area contributed by atoms with Gasteiger partial charge in [0.1, 0.15) is 0 Å². The van der Waals surface area contributed by atoms with Crippen LogP contribution < -0.4 is 5.32 Å². The van der Waals surface area contributed by atoms with Gasteiger partial charge in [0.25, 0.3) is 0 Å². The van der Waals surface area contributed by atoms with E-state index in [-0.39, 0.29) is 17.7 Å². The van der Waals surface area contributed by atoms with Crippen molar-refractivity contribution in [2.75, 3.05) is 0 Å². The fraction of sp³-hybridized carbons (Fsp3) is 0.385. The van der Waals surface area contributed by atoms with Crippen LogP contribution in [0.1, 0.15) is 30.6 Å². The van der Waals surface area contributed by atoms with Crippen molar-refractivity contribution in [3.8, 4) is 0 Å². The molecule has 0 saturated carbocycles. The van der Waals surface area contributed by atoms with Gasteiger partial charge >= 0.3 is 0 Å². The summed E-state index contributed by atoms with van der Waals surface area (Å²) in [5.41, 5.74) is 0.170. The maximum atomic E-state index is 12.3. The topological polar surface area (TPSA) is 46.2 Å². The predicted molar refractivity (Wildman–Crippen MR) is 61.1 cm³/mol. The average molecular weight is 217 g/mol. The molecule has 84 valence electrons. The highest BCUT2D eigenvalue weighted by Crippen LogP contribution is 2.31. The molecule has 1 aliphatic heterocycles. The number of hydrogen-bond donors (Lipinski definition) is 1. The van der Waals surface area contributed by atoms with Crippen LogP contribution in [0.25, 0.3) is 0 Å². The summed E-state index contributed by atoms with van der Waals surface area (Å²) < 4.78 is 0. The van der Waals surface area contributed by atoms with Gasteiger partial charge in [-0.2, -0.15) is 0 Å². The molecule has 1 N–H and O–H groups in total. The fourth-order valence-electron chi connectivity index (χ4n) is 1.91. The highest BCUT2D eigenvalue weighted by Gasteiger charge is 2.43. The first-order chi connectivity index (χ1) is 7.51. The predicted octanol–water partition coefficient (Wildman–Crippen LogP) is 1.78. The molecule has 3 nitrogen and oxygen atoms in total. The van der Waals surface area contributed by atoms with E-state index in [9.17, 15) is 9.59 Å². The van der Waals surface area contributed by atoms with Crippen molar-refractivity contribution >= 4 is 11.7 Å². The molecule has 1 aliphatic rings. The summed E-state index contributed by atoms with van der Waals surface area (Å²) in [6.07, 6.45) is 0.450. The van der Waals surface area contributed by atoms with Gasteiger partial charge in [0.2, 0.25) is 5.91 Å². The van der Waals surface area contributed by atoms with E-state index >= 15 is 0 Å². The SMILES string of the molecule is CC(C)(C(=O)c1ccccc1)C1CC(=O)N1. The third kappa shape index (κ3) is 1.73. The van der Waals surface area contributed by atoms with Gasteiger partial charge in [-0.05, 0) is 0 Å². The minimum absolute atomic E-state index is 0.0268. The summed E-state index contributed by atoms with van der Waals surface area (Å²) in [6, 6.07) is 9.17. The zero-order chi connectivity index (χ0) is 11.8. The number of carbonyl (C=O) groups excluding carboxylic acids is 2. The van der Waals surface area contributed by atoms with Gasteiger partial charge in [-0.1, -0.05) is 44.2 Å². The van der Waals surface area contributed by atoms with Gasteiger partial charge in [0.15, 0.2) is 5.78 Å². The van der Waals surface area contributed by atoms with Gasteiger partial charge in [-0.3, -0.25) is 9.59 Å². The molecular formula is C13H15NO2. The summed E-state index contributed by atoms with van der Waals surface area (Å²) in [5, 5.41) is 2.77. The van der Waals surface area contributed by atoms with Crippen LogP contribution >= 0.6 is 0 Å². The van der Waals surface area contributed by atoms with E-state index < -0.39 is 5.41 Å². The normalized spacial score (nSPS) is 19.9. The Kier molecular flexibility index (Phi) is 2.54. The summed E-state index contributed by atoms with van der Waals surface area (Å²) in [7, 11) is 0. The molecule has 1 unspecified atom stereocenters. The zero-order valence-corrected chi connectivity index (χ0v) is 9.49. The zero-order valence-electron chi connectivity index (χ0n) is 9.49. The number of hydrogen-bond acceptors (Lipinski definition) is 2. The Bertz CT molecular complexity index is 415. The van der Waals surface area contributed by atoms with Crippen LogP contribution in [0.3, 0.4) is 0 Å². The van der Waals surface area contributed by atoms with Crippen molar-refractivity contribution in [1.82, 2.24) is 5.32 Å². The molecule has 0 spiro atoms. The molecule has 3 heteroatoms. The molecule has 0 radical (unpaired) electrons. The van der Waals surface area contributed by atoms with Crippen LogP contribution in [-0.4, -0.2) is 17.7 Å². The number of Topliss-reactive ketones (excluding diaryl/α,β-unsaturated/α-hetero) is 1. The number of amides is 1. The van der Waals surface area contributed by atoms with Crippen molar-refractivity contribution in [1.29, 1.82) is 0 Å². The highest BCUT2D eigenvalue weighted by atomic mass is 16.2. The van der Waals surface area contributed by atoms with Crippen LogP contribution in [0.4, 0.5) is 0 Å². The van der Waals surface area contributed by atoms with Gasteiger partial charge in [0.05, 0.1) is 0 Å². The van der Waals surface area contributed by atoms with Gasteiger partial charge in [0, 0.05) is 23.4 Å². The molecule has 1 atom stereocenters. The van der Waals surface area contributed by atoms with E-state index in [1.54, 1.807) is 0 Å². The van der Waals surface area contributed by atoms with Crippen LogP contribution in [0.2, 0.25) is 0 Å². The molecule has 1 heterocycles. The Balaban J connectivity index is 2.18. The van der Waals surface area contributed by atoms with Crippen molar-refractivity contribution in [2.45, 2.75) is 26.3 Å². The van der Waals surface area contributed by atoms with Gasteiger partial charge < -0.3 is 5.32 Å². The Morgan fingerprint density at radius 3 is 2.38 bits per heavy atom. The van der Waals surface area contributed by atoms with Crippen LogP contribution in [-0.2, 0) is 4.79 Å². The number of rotatable bonds is 3. The largest absolute Gasteiger partial charge is 0.352 e. The highest BCUT2D eigenvalue weighted by molar-refractivity contribution is 6.02. The second kappa shape index (κ2) is 3.74. The minimum atomic E-state index is -0.532. The van der Waals surface area contributed by atoms with Crippen molar-refractivity contribution in [3.63, 3.8) is 0 Å². The third-order valence-corrected chi connectivity index (χ3v) is 3.22. The molecule has 0 aromatic heterocycles. The van der Waals surface area contributed by atoms with Crippen LogP contribution in [0.5, 0.6) is 0 Å². The Hall–Kier alpha value is -1.64. The number of carbonyl (C=O) groups is 2. The van der Waals surface area contributed by atoms with Crippen molar-refractivity contribution in [2.24, 2.45) is 5.41 Å². The molecule has 0 aliphatic carbocycles. The Labute approximate surface area is 94.9 Å². The van der Waals surface area contributed by atoms with Crippen LogP contribution in [0, 0.1) is 5.41 Å². The van der Waals surface area contributed by atoms with E-state index in [1.165, 1.54) is 0 Å². The van der Waals surface area contributed by atoms with E-state index in [4.69, 9.17) is 0 Å². The third-order valence-electron chi connectivity index (χ3n) is 3.22. The number of benzene rings is 1. The first-order valence-corrected chi connectivity index (χ1v) is 5.41. The fourth-order valence-corrected chi connectivity index (χ4v) is 1.91. The first kappa shape index (κ1) is 10.9. The van der Waals surface area contributed by atoms with E-state index in [2.05, 4.69) is 5.32 Å².